The van der Waals surface area contributed by atoms with E-state index < -0.39 is 5.97 Å². The summed E-state index contributed by atoms with van der Waals surface area (Å²) in [6.07, 6.45) is -0.00661. The number of hydrogen-bond acceptors (Lipinski definition) is 3. The fourth-order valence-corrected chi connectivity index (χ4v) is 1.56. The first-order valence-electron chi connectivity index (χ1n) is 5.00. The molecule has 1 atom stereocenters. The molecule has 0 amide bonds. The van der Waals surface area contributed by atoms with Crippen LogP contribution < -0.4 is 11.1 Å². The number of benzene rings is 1. The van der Waals surface area contributed by atoms with E-state index in [9.17, 15) is 4.79 Å². The number of carboxylic acid groups (broad SMARTS) is 1. The second kappa shape index (κ2) is 6.62. The predicted octanol–water partition coefficient (Wildman–Crippen LogP) is 1.34. The van der Waals surface area contributed by atoms with Crippen LogP contribution in [0, 0.1) is 0 Å². The highest BCUT2D eigenvalue weighted by Crippen LogP contribution is 2.10. The van der Waals surface area contributed by atoms with Gasteiger partial charge in [-0.15, -0.1) is 0 Å². The number of aliphatic carboxylic acids is 1. The Balaban J connectivity index is 2.25. The third kappa shape index (κ3) is 5.25. The van der Waals surface area contributed by atoms with E-state index in [0.29, 0.717) is 13.1 Å². The van der Waals surface area contributed by atoms with E-state index in [1.807, 2.05) is 24.3 Å². The van der Waals surface area contributed by atoms with Crippen molar-refractivity contribution in [3.63, 3.8) is 0 Å². The molecule has 1 aromatic rings. The minimum absolute atomic E-state index is 0.00661. The van der Waals surface area contributed by atoms with Crippen molar-refractivity contribution in [2.75, 3.05) is 6.54 Å². The highest BCUT2D eigenvalue weighted by Gasteiger charge is 2.06. The average molecular weight is 287 g/mol. The summed E-state index contributed by atoms with van der Waals surface area (Å²) in [5.41, 5.74) is 6.76. The van der Waals surface area contributed by atoms with Crippen molar-refractivity contribution in [1.29, 1.82) is 0 Å². The number of rotatable bonds is 6. The lowest BCUT2D eigenvalue weighted by Crippen LogP contribution is -2.35. The van der Waals surface area contributed by atoms with Crippen LogP contribution in [0.4, 0.5) is 0 Å². The Hall–Kier alpha value is -0.910. The average Bonchev–Trinajstić information content (AvgIpc) is 2.20. The lowest BCUT2D eigenvalue weighted by Gasteiger charge is -2.10. The number of halogens is 1. The lowest BCUT2D eigenvalue weighted by molar-refractivity contribution is -0.137. The Bertz CT molecular complexity index is 340. The highest BCUT2D eigenvalue weighted by atomic mass is 79.9. The van der Waals surface area contributed by atoms with Crippen molar-refractivity contribution in [3.05, 3.63) is 34.3 Å². The Morgan fingerprint density at radius 2 is 2.06 bits per heavy atom. The lowest BCUT2D eigenvalue weighted by atomic mass is 10.2. The van der Waals surface area contributed by atoms with Crippen molar-refractivity contribution in [2.24, 2.45) is 5.73 Å². The summed E-state index contributed by atoms with van der Waals surface area (Å²) in [7, 11) is 0. The number of hydrogen-bond donors (Lipinski definition) is 3. The maximum atomic E-state index is 10.4. The Morgan fingerprint density at radius 3 is 2.62 bits per heavy atom. The molecule has 0 heterocycles. The van der Waals surface area contributed by atoms with Crippen LogP contribution in [0.2, 0.25) is 0 Å². The van der Waals surface area contributed by atoms with Crippen LogP contribution in [0.5, 0.6) is 0 Å². The van der Waals surface area contributed by atoms with E-state index in [1.54, 1.807) is 0 Å². The molecule has 0 aliphatic carbocycles. The minimum atomic E-state index is -0.863. The molecule has 88 valence electrons. The largest absolute Gasteiger partial charge is 0.481 e. The molecule has 0 spiro atoms. The number of nitrogens with two attached hydrogens (primary N) is 1. The molecule has 16 heavy (non-hydrogen) atoms. The molecular weight excluding hydrogens is 272 g/mol. The van der Waals surface area contributed by atoms with Crippen molar-refractivity contribution in [2.45, 2.75) is 19.0 Å². The fraction of sp³-hybridized carbons (Fsp3) is 0.364. The number of carboxylic acids is 1. The van der Waals surface area contributed by atoms with Crippen LogP contribution in [0.15, 0.2) is 28.7 Å². The van der Waals surface area contributed by atoms with E-state index >= 15 is 0 Å². The van der Waals surface area contributed by atoms with Crippen LogP contribution in [0.3, 0.4) is 0 Å². The molecule has 0 aliphatic heterocycles. The molecule has 0 aliphatic rings. The van der Waals surface area contributed by atoms with Gasteiger partial charge in [0, 0.05) is 23.6 Å². The van der Waals surface area contributed by atoms with Gasteiger partial charge < -0.3 is 16.2 Å². The van der Waals surface area contributed by atoms with Crippen molar-refractivity contribution in [3.8, 4) is 0 Å². The van der Waals surface area contributed by atoms with Gasteiger partial charge in [0.05, 0.1) is 6.42 Å². The number of nitrogens with one attached hydrogen (secondary N) is 1. The molecule has 0 radical (unpaired) electrons. The van der Waals surface area contributed by atoms with Crippen molar-refractivity contribution in [1.82, 2.24) is 5.32 Å². The van der Waals surface area contributed by atoms with Gasteiger partial charge in [-0.1, -0.05) is 28.1 Å². The molecule has 1 rings (SSSR count). The molecule has 4 nitrogen and oxygen atoms in total. The zero-order valence-electron chi connectivity index (χ0n) is 8.82. The van der Waals surface area contributed by atoms with Crippen LogP contribution >= 0.6 is 15.9 Å². The van der Waals surface area contributed by atoms with Gasteiger partial charge in [0.2, 0.25) is 0 Å². The third-order valence-corrected chi connectivity index (χ3v) is 2.61. The topological polar surface area (TPSA) is 75.3 Å². The third-order valence-electron chi connectivity index (χ3n) is 2.09. The van der Waals surface area contributed by atoms with E-state index in [4.69, 9.17) is 10.8 Å². The quantitative estimate of drug-likeness (QED) is 0.738. The van der Waals surface area contributed by atoms with Crippen LogP contribution in [-0.4, -0.2) is 23.7 Å². The van der Waals surface area contributed by atoms with E-state index in [1.165, 1.54) is 0 Å². The molecular formula is C11H15BrN2O2. The molecule has 1 aromatic carbocycles. The zero-order chi connectivity index (χ0) is 12.0. The summed E-state index contributed by atoms with van der Waals surface area (Å²) >= 11 is 3.36. The molecule has 0 aromatic heterocycles. The Morgan fingerprint density at radius 1 is 1.44 bits per heavy atom. The summed E-state index contributed by atoms with van der Waals surface area (Å²) in [5.74, 6) is -0.863. The van der Waals surface area contributed by atoms with Gasteiger partial charge in [0.25, 0.3) is 0 Å². The Labute approximate surface area is 103 Å². The van der Waals surface area contributed by atoms with Gasteiger partial charge in [-0.25, -0.2) is 0 Å². The second-order valence-electron chi connectivity index (χ2n) is 3.62. The van der Waals surface area contributed by atoms with E-state index in [2.05, 4.69) is 21.2 Å². The molecule has 0 bridgehead atoms. The minimum Gasteiger partial charge on any atom is -0.481 e. The standard InChI is InChI=1S/C11H15BrN2O2/c12-9-3-1-8(2-4-9)6-14-7-10(13)5-11(15)16/h1-4,10,14H,5-7,13H2,(H,15,16). The van der Waals surface area contributed by atoms with Crippen LogP contribution in [0.25, 0.3) is 0 Å². The van der Waals surface area contributed by atoms with Crippen molar-refractivity contribution >= 4 is 21.9 Å². The second-order valence-corrected chi connectivity index (χ2v) is 4.53. The summed E-state index contributed by atoms with van der Waals surface area (Å²) in [5, 5.41) is 11.6. The van der Waals surface area contributed by atoms with Crippen LogP contribution in [-0.2, 0) is 11.3 Å². The predicted molar refractivity (Wildman–Crippen MR) is 66.1 cm³/mol. The summed E-state index contributed by atoms with van der Waals surface area (Å²) in [4.78, 5) is 10.4. The van der Waals surface area contributed by atoms with Gasteiger partial charge in [-0.05, 0) is 17.7 Å². The highest BCUT2D eigenvalue weighted by molar-refractivity contribution is 9.10. The van der Waals surface area contributed by atoms with Gasteiger partial charge in [-0.3, -0.25) is 4.79 Å². The fourth-order valence-electron chi connectivity index (χ4n) is 1.30. The molecule has 1 unspecified atom stereocenters. The first kappa shape index (κ1) is 13.2. The summed E-state index contributed by atoms with van der Waals surface area (Å²) < 4.78 is 1.04. The summed E-state index contributed by atoms with van der Waals surface area (Å²) in [6, 6.07) is 7.59. The van der Waals surface area contributed by atoms with Gasteiger partial charge in [0.1, 0.15) is 0 Å². The monoisotopic (exact) mass is 286 g/mol. The first-order chi connectivity index (χ1) is 7.58. The normalized spacial score (nSPS) is 12.4. The maximum Gasteiger partial charge on any atom is 0.304 e. The maximum absolute atomic E-state index is 10.4. The van der Waals surface area contributed by atoms with Gasteiger partial charge in [-0.2, -0.15) is 0 Å². The van der Waals surface area contributed by atoms with E-state index in [0.717, 1.165) is 10.0 Å². The molecule has 0 fully saturated rings. The SMILES string of the molecule is NC(CNCc1ccc(Br)cc1)CC(=O)O. The first-order valence-corrected chi connectivity index (χ1v) is 5.80. The smallest absolute Gasteiger partial charge is 0.304 e. The zero-order valence-corrected chi connectivity index (χ0v) is 10.4. The summed E-state index contributed by atoms with van der Waals surface area (Å²) in [6.45, 7) is 1.20. The Kier molecular flexibility index (Phi) is 5.45. The van der Waals surface area contributed by atoms with Gasteiger partial charge >= 0.3 is 5.97 Å². The van der Waals surface area contributed by atoms with E-state index in [-0.39, 0.29) is 12.5 Å². The molecule has 4 N–H and O–H groups in total. The number of carbonyl (C=O) groups is 1. The molecule has 0 saturated carbocycles. The molecule has 0 saturated heterocycles. The van der Waals surface area contributed by atoms with Crippen LogP contribution in [0.1, 0.15) is 12.0 Å². The van der Waals surface area contributed by atoms with Gasteiger partial charge in [0.15, 0.2) is 0 Å². The molecule has 5 heteroatoms. The van der Waals surface area contributed by atoms with Crippen molar-refractivity contribution < 1.29 is 9.90 Å².